The van der Waals surface area contributed by atoms with Gasteiger partial charge in [-0.05, 0) is 50.5 Å². The highest BCUT2D eigenvalue weighted by molar-refractivity contribution is 7.98. The number of aliphatic carboxylic acids is 1. The monoisotopic (exact) mass is 546 g/mol. The lowest BCUT2D eigenvalue weighted by atomic mass is 10.0. The highest BCUT2D eigenvalue weighted by Crippen LogP contribution is 2.06. The van der Waals surface area contributed by atoms with Gasteiger partial charge in [-0.1, -0.05) is 13.8 Å². The molecule has 0 saturated carbocycles. The first-order valence-corrected chi connectivity index (χ1v) is 13.4. The number of carboxylic acid groups (broad SMARTS) is 1. The Hall–Kier alpha value is -3.07. The Kier molecular flexibility index (Phi) is 16.7. The molecule has 0 radical (unpaired) electrons. The smallest absolute Gasteiger partial charge is 0.326 e. The van der Waals surface area contributed by atoms with Crippen molar-refractivity contribution in [2.24, 2.45) is 28.1 Å². The molecule has 11 N–H and O–H groups in total. The summed E-state index contributed by atoms with van der Waals surface area (Å²) in [7, 11) is 0. The molecule has 4 amide bonds. The number of aliphatic imine (C=N–C) groups is 1. The van der Waals surface area contributed by atoms with Crippen LogP contribution in [0.1, 0.15) is 46.5 Å². The van der Waals surface area contributed by atoms with Crippen molar-refractivity contribution in [1.29, 1.82) is 0 Å². The van der Waals surface area contributed by atoms with Crippen molar-refractivity contribution in [3.8, 4) is 0 Å². The summed E-state index contributed by atoms with van der Waals surface area (Å²) in [6.07, 6.45) is 3.03. The predicted molar refractivity (Wildman–Crippen MR) is 142 cm³/mol. The number of guanidine groups is 1. The van der Waals surface area contributed by atoms with Crippen molar-refractivity contribution in [3.63, 3.8) is 0 Å². The molecule has 0 saturated heterocycles. The van der Waals surface area contributed by atoms with Crippen LogP contribution in [0.2, 0.25) is 0 Å². The fraction of sp³-hybridized carbons (Fsp3) is 0.727. The minimum Gasteiger partial charge on any atom is -0.480 e. The zero-order valence-corrected chi connectivity index (χ0v) is 22.7. The van der Waals surface area contributed by atoms with E-state index < -0.39 is 53.8 Å². The summed E-state index contributed by atoms with van der Waals surface area (Å²) >= 11 is 1.55. The summed E-state index contributed by atoms with van der Waals surface area (Å²) in [5.74, 6) is -3.01. The molecule has 0 aliphatic rings. The fourth-order valence-corrected chi connectivity index (χ4v) is 3.55. The van der Waals surface area contributed by atoms with E-state index in [1.54, 1.807) is 11.8 Å². The topological polar surface area (TPSA) is 244 Å². The lowest BCUT2D eigenvalue weighted by molar-refractivity contribution is -0.142. The van der Waals surface area contributed by atoms with E-state index in [-0.39, 0.29) is 37.8 Å². The van der Waals surface area contributed by atoms with E-state index >= 15 is 0 Å². The molecule has 14 nitrogen and oxygen atoms in total. The second-order valence-electron chi connectivity index (χ2n) is 8.93. The molecule has 0 fully saturated rings. The van der Waals surface area contributed by atoms with Crippen molar-refractivity contribution >= 4 is 47.3 Å². The molecule has 0 spiro atoms. The summed E-state index contributed by atoms with van der Waals surface area (Å²) in [4.78, 5) is 65.0. The lowest BCUT2D eigenvalue weighted by Gasteiger charge is -2.23. The summed E-state index contributed by atoms with van der Waals surface area (Å²) in [6.45, 7) is 4.96. The van der Waals surface area contributed by atoms with Crippen LogP contribution < -0.4 is 38.5 Å². The zero-order chi connectivity index (χ0) is 28.5. The lowest BCUT2D eigenvalue weighted by Crippen LogP contribution is -2.56. The maximum absolute atomic E-state index is 12.8. The van der Waals surface area contributed by atoms with E-state index in [2.05, 4.69) is 26.3 Å². The summed E-state index contributed by atoms with van der Waals surface area (Å²) in [5.41, 5.74) is 16.2. The van der Waals surface area contributed by atoms with Crippen LogP contribution in [0.4, 0.5) is 0 Å². The summed E-state index contributed by atoms with van der Waals surface area (Å²) in [6, 6.07) is -3.99. The van der Waals surface area contributed by atoms with E-state index in [9.17, 15) is 29.1 Å². The van der Waals surface area contributed by atoms with Crippen LogP contribution in [0.5, 0.6) is 0 Å². The van der Waals surface area contributed by atoms with Crippen LogP contribution in [0, 0.1) is 5.92 Å². The highest BCUT2D eigenvalue weighted by Gasteiger charge is 2.27. The molecular formula is C22H42N8O6S. The van der Waals surface area contributed by atoms with E-state index in [0.717, 1.165) is 0 Å². The predicted octanol–water partition coefficient (Wildman–Crippen LogP) is -2.16. The number of nitrogens with two attached hydrogens (primary N) is 3. The maximum atomic E-state index is 12.8. The van der Waals surface area contributed by atoms with Crippen molar-refractivity contribution < 1.29 is 29.1 Å². The Labute approximate surface area is 221 Å². The van der Waals surface area contributed by atoms with Gasteiger partial charge in [-0.2, -0.15) is 11.8 Å². The highest BCUT2D eigenvalue weighted by atomic mass is 32.2. The van der Waals surface area contributed by atoms with E-state index in [4.69, 9.17) is 17.2 Å². The quantitative estimate of drug-likeness (QED) is 0.0525. The van der Waals surface area contributed by atoms with Gasteiger partial charge in [0.05, 0.1) is 12.6 Å². The van der Waals surface area contributed by atoms with Crippen molar-refractivity contribution in [2.75, 3.05) is 25.1 Å². The second-order valence-corrected chi connectivity index (χ2v) is 9.92. The minimum atomic E-state index is -1.24. The second kappa shape index (κ2) is 18.2. The molecule has 0 bridgehead atoms. The van der Waals surface area contributed by atoms with Gasteiger partial charge in [-0.3, -0.25) is 24.2 Å². The maximum Gasteiger partial charge on any atom is 0.326 e. The molecule has 0 aliphatic carbocycles. The van der Waals surface area contributed by atoms with Crippen LogP contribution in [0.25, 0.3) is 0 Å². The molecule has 15 heteroatoms. The number of hydrogen-bond acceptors (Lipinski definition) is 8. The molecule has 212 valence electrons. The first-order valence-electron chi connectivity index (χ1n) is 12.0. The largest absolute Gasteiger partial charge is 0.480 e. The number of carbonyl (C=O) groups excluding carboxylic acids is 4. The van der Waals surface area contributed by atoms with Gasteiger partial charge in [0, 0.05) is 6.54 Å². The summed E-state index contributed by atoms with van der Waals surface area (Å²) in [5, 5.41) is 19.3. The Bertz CT molecular complexity index is 806. The Balaban J connectivity index is 4.95. The molecule has 0 unspecified atom stereocenters. The van der Waals surface area contributed by atoms with Gasteiger partial charge in [-0.25, -0.2) is 4.79 Å². The number of nitrogens with zero attached hydrogens (tertiary/aromatic N) is 1. The Morgan fingerprint density at radius 2 is 1.57 bits per heavy atom. The first kappa shape index (κ1) is 33.9. The number of hydrogen-bond donors (Lipinski definition) is 8. The van der Waals surface area contributed by atoms with Crippen LogP contribution >= 0.6 is 11.8 Å². The Morgan fingerprint density at radius 1 is 0.919 bits per heavy atom. The van der Waals surface area contributed by atoms with Crippen LogP contribution in [0.3, 0.4) is 0 Å². The zero-order valence-electron chi connectivity index (χ0n) is 21.9. The van der Waals surface area contributed by atoms with Crippen molar-refractivity contribution in [3.05, 3.63) is 0 Å². The normalized spacial score (nSPS) is 14.0. The van der Waals surface area contributed by atoms with E-state index in [1.807, 2.05) is 20.1 Å². The average Bonchev–Trinajstić information content (AvgIpc) is 2.81. The van der Waals surface area contributed by atoms with Gasteiger partial charge in [0.1, 0.15) is 18.1 Å². The summed E-state index contributed by atoms with van der Waals surface area (Å²) < 4.78 is 0. The average molecular weight is 547 g/mol. The molecule has 4 atom stereocenters. The molecule has 0 heterocycles. The number of rotatable bonds is 18. The minimum absolute atomic E-state index is 0.0244. The van der Waals surface area contributed by atoms with Crippen LogP contribution in [0.15, 0.2) is 4.99 Å². The van der Waals surface area contributed by atoms with Crippen molar-refractivity contribution in [1.82, 2.24) is 21.3 Å². The van der Waals surface area contributed by atoms with Gasteiger partial charge < -0.3 is 43.6 Å². The molecule has 0 aliphatic heterocycles. The molecule has 0 aromatic carbocycles. The standard InChI is InChI=1S/C22H42N8O6S/c1-12(2)10-16(29-17(31)11-27-19(33)14(23)7-9-37-4)20(34)28-13(3)18(32)30-15(21(35)36)6-5-8-26-22(24)25/h12-16H,5-11,23H2,1-4H3,(H,27,33)(H,28,34)(H,29,31)(H,30,32)(H,35,36)(H4,24,25,26)/t13-,14-,15-,16-/m0/s1. The number of amides is 4. The third-order valence-corrected chi connectivity index (χ3v) is 5.71. The third-order valence-electron chi connectivity index (χ3n) is 5.06. The molecular weight excluding hydrogens is 504 g/mol. The van der Waals surface area contributed by atoms with Crippen LogP contribution in [-0.4, -0.2) is 89.9 Å². The van der Waals surface area contributed by atoms with Gasteiger partial charge in [0.2, 0.25) is 23.6 Å². The third kappa shape index (κ3) is 15.6. The molecule has 0 aromatic heterocycles. The first-order chi connectivity index (χ1) is 17.3. The molecule has 0 aromatic rings. The molecule has 37 heavy (non-hydrogen) atoms. The fourth-order valence-electron chi connectivity index (χ4n) is 3.06. The number of carboxylic acids is 1. The Morgan fingerprint density at radius 3 is 2.11 bits per heavy atom. The number of thioether (sulfide) groups is 1. The van der Waals surface area contributed by atoms with Gasteiger partial charge in [-0.15, -0.1) is 0 Å². The van der Waals surface area contributed by atoms with Gasteiger partial charge in [0.25, 0.3) is 0 Å². The van der Waals surface area contributed by atoms with Gasteiger partial charge >= 0.3 is 5.97 Å². The number of carbonyl (C=O) groups is 5. The van der Waals surface area contributed by atoms with Gasteiger partial charge in [0.15, 0.2) is 5.96 Å². The van der Waals surface area contributed by atoms with E-state index in [0.29, 0.717) is 18.6 Å². The SMILES string of the molecule is CSCC[C@H](N)C(=O)NCC(=O)N[C@@H](CC(C)C)C(=O)N[C@@H](C)C(=O)N[C@@H](CCCN=C(N)N)C(=O)O. The van der Waals surface area contributed by atoms with E-state index in [1.165, 1.54) is 6.92 Å². The van der Waals surface area contributed by atoms with Crippen LogP contribution in [-0.2, 0) is 24.0 Å². The van der Waals surface area contributed by atoms with Crippen molar-refractivity contribution in [2.45, 2.75) is 70.6 Å². The number of nitrogens with one attached hydrogen (secondary N) is 4. The molecule has 0 rings (SSSR count).